The van der Waals surface area contributed by atoms with Crippen LogP contribution in [0.15, 0.2) is 37.1 Å². The average Bonchev–Trinajstić information content (AvgIpc) is 2.95. The summed E-state index contributed by atoms with van der Waals surface area (Å²) in [6, 6.07) is 5.25. The molecule has 1 aliphatic rings. The van der Waals surface area contributed by atoms with Gasteiger partial charge in [-0.1, -0.05) is 17.7 Å². The third-order valence-corrected chi connectivity index (χ3v) is 4.04. The Morgan fingerprint density at radius 3 is 3.14 bits per heavy atom. The largest absolute Gasteiger partial charge is 0.372 e. The molecule has 0 spiro atoms. The third-order valence-electron chi connectivity index (χ3n) is 3.71. The predicted molar refractivity (Wildman–Crippen MR) is 83.5 cm³/mol. The van der Waals surface area contributed by atoms with Crippen molar-refractivity contribution < 1.29 is 9.13 Å². The Morgan fingerprint density at radius 2 is 2.33 bits per heavy atom. The highest BCUT2D eigenvalue weighted by molar-refractivity contribution is 6.35. The number of halogens is 2. The summed E-state index contributed by atoms with van der Waals surface area (Å²) in [5, 5.41) is 1.15. The van der Waals surface area contributed by atoms with Crippen molar-refractivity contribution in [1.29, 1.82) is 0 Å². The van der Waals surface area contributed by atoms with Gasteiger partial charge in [0.15, 0.2) is 5.82 Å². The molecule has 1 unspecified atom stereocenters. The Kier molecular flexibility index (Phi) is 4.08. The normalized spacial score (nSPS) is 18.4. The number of anilines is 1. The Morgan fingerprint density at radius 1 is 1.48 bits per heavy atom. The lowest BCUT2D eigenvalue weighted by molar-refractivity contribution is 0.0909. The van der Waals surface area contributed by atoms with Crippen molar-refractivity contribution in [3.8, 4) is 0 Å². The molecular weight excluding hydrogens is 291 g/mol. The number of nitrogens with zero attached hydrogens (tertiary/aromatic N) is 2. The highest BCUT2D eigenvalue weighted by Gasteiger charge is 2.25. The standard InChI is InChI=1S/C16H16ClFN2O/c1-2-9-21-11-6-8-20(10-11)14-4-3-12-13(17)5-7-19-16(12)15(14)18/h2-5,7,11H,1,6,8-10H2. The molecule has 0 bridgehead atoms. The van der Waals surface area contributed by atoms with Crippen molar-refractivity contribution in [2.45, 2.75) is 12.5 Å². The summed E-state index contributed by atoms with van der Waals surface area (Å²) in [4.78, 5) is 6.10. The summed E-state index contributed by atoms with van der Waals surface area (Å²) >= 11 is 6.07. The number of hydrogen-bond acceptors (Lipinski definition) is 3. The van der Waals surface area contributed by atoms with Crippen LogP contribution in [0.5, 0.6) is 0 Å². The van der Waals surface area contributed by atoms with E-state index in [1.807, 2.05) is 11.0 Å². The fourth-order valence-electron chi connectivity index (χ4n) is 2.67. The molecule has 1 aromatic carbocycles. The number of benzene rings is 1. The molecule has 3 rings (SSSR count). The van der Waals surface area contributed by atoms with E-state index in [0.717, 1.165) is 13.0 Å². The molecule has 21 heavy (non-hydrogen) atoms. The summed E-state index contributed by atoms with van der Waals surface area (Å²) in [5.74, 6) is -0.320. The SMILES string of the molecule is C=CCOC1CCN(c2ccc3c(Cl)ccnc3c2F)C1. The smallest absolute Gasteiger partial charge is 0.172 e. The number of ether oxygens (including phenoxy) is 1. The van der Waals surface area contributed by atoms with Gasteiger partial charge in [0.05, 0.1) is 23.4 Å². The van der Waals surface area contributed by atoms with Crippen LogP contribution in [0, 0.1) is 5.82 Å². The monoisotopic (exact) mass is 306 g/mol. The first-order valence-electron chi connectivity index (χ1n) is 6.91. The van der Waals surface area contributed by atoms with E-state index in [4.69, 9.17) is 16.3 Å². The lowest BCUT2D eigenvalue weighted by Gasteiger charge is -2.20. The van der Waals surface area contributed by atoms with Gasteiger partial charge in [-0.2, -0.15) is 0 Å². The maximum atomic E-state index is 14.7. The molecule has 1 saturated heterocycles. The number of pyridine rings is 1. The molecule has 0 aliphatic carbocycles. The van der Waals surface area contributed by atoms with Crippen LogP contribution in [0.2, 0.25) is 5.02 Å². The number of fused-ring (bicyclic) bond motifs is 1. The topological polar surface area (TPSA) is 25.4 Å². The Labute approximate surface area is 128 Å². The van der Waals surface area contributed by atoms with E-state index in [-0.39, 0.29) is 11.9 Å². The second kappa shape index (κ2) is 6.00. The van der Waals surface area contributed by atoms with Gasteiger partial charge in [-0.15, -0.1) is 6.58 Å². The lowest BCUT2D eigenvalue weighted by atomic mass is 10.2. The van der Waals surface area contributed by atoms with Crippen LogP contribution in [-0.4, -0.2) is 30.8 Å². The van der Waals surface area contributed by atoms with Crippen molar-refractivity contribution in [2.24, 2.45) is 0 Å². The van der Waals surface area contributed by atoms with E-state index in [1.165, 1.54) is 6.20 Å². The van der Waals surface area contributed by atoms with Crippen molar-refractivity contribution in [1.82, 2.24) is 4.98 Å². The summed E-state index contributed by atoms with van der Waals surface area (Å²) in [5.41, 5.74) is 0.873. The molecule has 2 heterocycles. The summed E-state index contributed by atoms with van der Waals surface area (Å²) in [7, 11) is 0. The Bertz CT molecular complexity index is 677. The molecular formula is C16H16ClFN2O. The minimum absolute atomic E-state index is 0.116. The molecule has 0 N–H and O–H groups in total. The van der Waals surface area contributed by atoms with Crippen LogP contribution in [0.3, 0.4) is 0 Å². The van der Waals surface area contributed by atoms with Gasteiger partial charge >= 0.3 is 0 Å². The van der Waals surface area contributed by atoms with Crippen molar-refractivity contribution in [2.75, 3.05) is 24.6 Å². The number of hydrogen-bond donors (Lipinski definition) is 0. The molecule has 5 heteroatoms. The van der Waals surface area contributed by atoms with Gasteiger partial charge in [0.25, 0.3) is 0 Å². The molecule has 1 aliphatic heterocycles. The zero-order valence-corrected chi connectivity index (χ0v) is 12.3. The third kappa shape index (κ3) is 2.74. The average molecular weight is 307 g/mol. The van der Waals surface area contributed by atoms with E-state index in [1.54, 1.807) is 18.2 Å². The highest BCUT2D eigenvalue weighted by atomic mass is 35.5. The van der Waals surface area contributed by atoms with E-state index in [0.29, 0.717) is 34.8 Å². The van der Waals surface area contributed by atoms with Crippen LogP contribution in [0.1, 0.15) is 6.42 Å². The molecule has 1 atom stereocenters. The molecule has 2 aromatic rings. The van der Waals surface area contributed by atoms with Crippen molar-refractivity contribution >= 4 is 28.2 Å². The zero-order valence-electron chi connectivity index (χ0n) is 11.6. The van der Waals surface area contributed by atoms with E-state index in [2.05, 4.69) is 11.6 Å². The van der Waals surface area contributed by atoms with Crippen molar-refractivity contribution in [3.63, 3.8) is 0 Å². The van der Waals surface area contributed by atoms with Gasteiger partial charge in [0.2, 0.25) is 0 Å². The van der Waals surface area contributed by atoms with E-state index < -0.39 is 0 Å². The second-order valence-electron chi connectivity index (χ2n) is 5.07. The fourth-order valence-corrected chi connectivity index (χ4v) is 2.88. The maximum absolute atomic E-state index is 14.7. The van der Waals surface area contributed by atoms with Crippen LogP contribution in [-0.2, 0) is 4.74 Å². The molecule has 110 valence electrons. The summed E-state index contributed by atoms with van der Waals surface area (Å²) < 4.78 is 20.3. The molecule has 0 amide bonds. The zero-order chi connectivity index (χ0) is 14.8. The Hall–Kier alpha value is -1.65. The number of aromatic nitrogens is 1. The first-order chi connectivity index (χ1) is 10.2. The fraction of sp³-hybridized carbons (Fsp3) is 0.312. The first-order valence-corrected chi connectivity index (χ1v) is 7.28. The summed E-state index contributed by atoms with van der Waals surface area (Å²) in [6.45, 7) is 5.61. The summed E-state index contributed by atoms with van der Waals surface area (Å²) in [6.07, 6.45) is 4.25. The minimum Gasteiger partial charge on any atom is -0.372 e. The molecule has 3 nitrogen and oxygen atoms in total. The van der Waals surface area contributed by atoms with Crippen LogP contribution < -0.4 is 4.90 Å². The van der Waals surface area contributed by atoms with Gasteiger partial charge in [0.1, 0.15) is 5.52 Å². The first kappa shape index (κ1) is 14.3. The molecule has 0 radical (unpaired) electrons. The molecule has 1 fully saturated rings. The highest BCUT2D eigenvalue weighted by Crippen LogP contribution is 2.31. The predicted octanol–water partition coefficient (Wildman–Crippen LogP) is 3.81. The Balaban J connectivity index is 1.88. The van der Waals surface area contributed by atoms with Crippen LogP contribution in [0.4, 0.5) is 10.1 Å². The van der Waals surface area contributed by atoms with Crippen LogP contribution in [0.25, 0.3) is 10.9 Å². The molecule has 1 aromatic heterocycles. The van der Waals surface area contributed by atoms with Crippen LogP contribution >= 0.6 is 11.6 Å². The van der Waals surface area contributed by atoms with Gasteiger partial charge in [-0.05, 0) is 24.6 Å². The second-order valence-corrected chi connectivity index (χ2v) is 5.47. The maximum Gasteiger partial charge on any atom is 0.172 e. The van der Waals surface area contributed by atoms with Gasteiger partial charge in [0, 0.05) is 24.7 Å². The number of rotatable bonds is 4. The minimum atomic E-state index is -0.320. The van der Waals surface area contributed by atoms with Gasteiger partial charge in [-0.25, -0.2) is 4.39 Å². The van der Waals surface area contributed by atoms with E-state index in [9.17, 15) is 4.39 Å². The molecule has 0 saturated carbocycles. The van der Waals surface area contributed by atoms with Crippen molar-refractivity contribution in [3.05, 3.63) is 47.9 Å². The lowest BCUT2D eigenvalue weighted by Crippen LogP contribution is -2.23. The quantitative estimate of drug-likeness (QED) is 0.803. The van der Waals surface area contributed by atoms with E-state index >= 15 is 0 Å². The van der Waals surface area contributed by atoms with Gasteiger partial charge < -0.3 is 9.64 Å². The van der Waals surface area contributed by atoms with Gasteiger partial charge in [-0.3, -0.25) is 4.98 Å².